The number of carbonyl (C=O) groups is 1. The van der Waals surface area contributed by atoms with E-state index in [1.165, 1.54) is 25.7 Å². The van der Waals surface area contributed by atoms with Crippen LogP contribution in [0.1, 0.15) is 54.6 Å². The highest BCUT2D eigenvalue weighted by Crippen LogP contribution is 2.30. The monoisotopic (exact) mass is 381 g/mol. The standard InChI is InChI=1S/C22H27N3O3/c23-11-19-20(21(26)24-12-16-7-3-1-2-4-8-16)17-9-5-6-10-18(17)25(19)13-22(27)14-28-15-22/h5-6,9-10,16,27H,1-4,7-8,12-15H2,(H,24,26). The molecule has 1 aliphatic heterocycles. The first-order valence-electron chi connectivity index (χ1n) is 10.2. The number of hydrogen-bond acceptors (Lipinski definition) is 4. The van der Waals surface area contributed by atoms with Gasteiger partial charge < -0.3 is 19.7 Å². The number of para-hydroxylation sites is 1. The first-order valence-corrected chi connectivity index (χ1v) is 10.2. The Hall–Kier alpha value is -2.36. The molecule has 1 aromatic heterocycles. The van der Waals surface area contributed by atoms with Gasteiger partial charge in [0.05, 0.1) is 25.3 Å². The third kappa shape index (κ3) is 3.65. The Labute approximate surface area is 165 Å². The van der Waals surface area contributed by atoms with Crippen molar-refractivity contribution in [1.82, 2.24) is 9.88 Å². The smallest absolute Gasteiger partial charge is 0.254 e. The van der Waals surface area contributed by atoms with Gasteiger partial charge in [0, 0.05) is 17.4 Å². The van der Waals surface area contributed by atoms with Gasteiger partial charge in [0.1, 0.15) is 17.4 Å². The number of nitriles is 1. The van der Waals surface area contributed by atoms with Crippen molar-refractivity contribution >= 4 is 16.8 Å². The second kappa shape index (κ2) is 7.94. The molecule has 4 rings (SSSR count). The SMILES string of the molecule is N#Cc1c(C(=O)NCC2CCCCCC2)c2ccccc2n1CC1(O)COC1. The maximum atomic E-state index is 13.1. The minimum absolute atomic E-state index is 0.201. The van der Waals surface area contributed by atoms with Gasteiger partial charge in [-0.2, -0.15) is 5.26 Å². The summed E-state index contributed by atoms with van der Waals surface area (Å²) in [5.41, 5.74) is 0.524. The maximum absolute atomic E-state index is 13.1. The lowest BCUT2D eigenvalue weighted by atomic mass is 10.00. The van der Waals surface area contributed by atoms with Crippen LogP contribution in [0.4, 0.5) is 0 Å². The molecule has 0 atom stereocenters. The summed E-state index contributed by atoms with van der Waals surface area (Å²) in [6.45, 7) is 1.38. The molecule has 1 amide bonds. The van der Waals surface area contributed by atoms with Gasteiger partial charge in [-0.05, 0) is 24.8 Å². The molecule has 1 aliphatic carbocycles. The first-order chi connectivity index (χ1) is 13.6. The molecule has 2 fully saturated rings. The molecule has 2 heterocycles. The summed E-state index contributed by atoms with van der Waals surface area (Å²) in [6.07, 6.45) is 7.32. The molecule has 0 unspecified atom stereocenters. The van der Waals surface area contributed by atoms with E-state index >= 15 is 0 Å². The zero-order valence-electron chi connectivity index (χ0n) is 16.1. The average molecular weight is 381 g/mol. The van der Waals surface area contributed by atoms with Crippen LogP contribution in [0, 0.1) is 17.2 Å². The Morgan fingerprint density at radius 2 is 1.96 bits per heavy atom. The quantitative estimate of drug-likeness (QED) is 0.780. The predicted octanol–water partition coefficient (Wildman–Crippen LogP) is 2.97. The van der Waals surface area contributed by atoms with Gasteiger partial charge in [0.15, 0.2) is 0 Å². The molecule has 2 aliphatic rings. The third-order valence-corrected chi connectivity index (χ3v) is 6.02. The van der Waals surface area contributed by atoms with Gasteiger partial charge in [-0.15, -0.1) is 0 Å². The number of rotatable bonds is 5. The number of fused-ring (bicyclic) bond motifs is 1. The highest BCUT2D eigenvalue weighted by Gasteiger charge is 2.38. The van der Waals surface area contributed by atoms with E-state index < -0.39 is 5.60 Å². The van der Waals surface area contributed by atoms with Crippen molar-refractivity contribution in [2.24, 2.45) is 5.92 Å². The Morgan fingerprint density at radius 3 is 2.61 bits per heavy atom. The van der Waals surface area contributed by atoms with Gasteiger partial charge in [-0.3, -0.25) is 4.79 Å². The number of nitrogens with zero attached hydrogens (tertiary/aromatic N) is 2. The zero-order chi connectivity index (χ0) is 19.6. The molecular weight excluding hydrogens is 354 g/mol. The first kappa shape index (κ1) is 19.0. The van der Waals surface area contributed by atoms with E-state index in [0.29, 0.717) is 23.7 Å². The molecule has 0 spiro atoms. The summed E-state index contributed by atoms with van der Waals surface area (Å²) >= 11 is 0. The van der Waals surface area contributed by atoms with Crippen LogP contribution in [-0.2, 0) is 11.3 Å². The minimum Gasteiger partial charge on any atom is -0.383 e. The fraction of sp³-hybridized carbons (Fsp3) is 0.545. The van der Waals surface area contributed by atoms with Gasteiger partial charge in [-0.1, -0.05) is 43.9 Å². The van der Waals surface area contributed by atoms with Crippen molar-refractivity contribution in [3.05, 3.63) is 35.5 Å². The molecule has 6 nitrogen and oxygen atoms in total. The fourth-order valence-electron chi connectivity index (χ4n) is 4.43. The van der Waals surface area contributed by atoms with E-state index in [9.17, 15) is 15.2 Å². The molecule has 0 bridgehead atoms. The maximum Gasteiger partial charge on any atom is 0.254 e. The normalized spacial score (nSPS) is 19.6. The van der Waals surface area contributed by atoms with Crippen LogP contribution in [0.25, 0.3) is 10.9 Å². The van der Waals surface area contributed by atoms with Crippen LogP contribution < -0.4 is 5.32 Å². The summed E-state index contributed by atoms with van der Waals surface area (Å²) < 4.78 is 6.90. The summed E-state index contributed by atoms with van der Waals surface area (Å²) in [5.74, 6) is 0.311. The number of benzene rings is 1. The topological polar surface area (TPSA) is 87.3 Å². The molecule has 2 aromatic rings. The predicted molar refractivity (Wildman–Crippen MR) is 106 cm³/mol. The molecule has 6 heteroatoms. The molecule has 0 radical (unpaired) electrons. The molecular formula is C22H27N3O3. The third-order valence-electron chi connectivity index (χ3n) is 6.02. The van der Waals surface area contributed by atoms with Crippen LogP contribution in [0.3, 0.4) is 0 Å². The van der Waals surface area contributed by atoms with Crippen molar-refractivity contribution in [3.8, 4) is 6.07 Å². The fourth-order valence-corrected chi connectivity index (χ4v) is 4.43. The Bertz CT molecular complexity index is 900. The van der Waals surface area contributed by atoms with E-state index in [0.717, 1.165) is 23.7 Å². The Kier molecular flexibility index (Phi) is 5.38. The average Bonchev–Trinajstić information content (AvgIpc) is 2.83. The largest absolute Gasteiger partial charge is 0.383 e. The summed E-state index contributed by atoms with van der Waals surface area (Å²) in [5, 5.41) is 24.2. The number of carbonyl (C=O) groups excluding carboxylic acids is 1. The molecule has 2 N–H and O–H groups in total. The van der Waals surface area contributed by atoms with Gasteiger partial charge >= 0.3 is 0 Å². The van der Waals surface area contributed by atoms with Crippen molar-refractivity contribution in [2.45, 2.75) is 50.7 Å². The van der Waals surface area contributed by atoms with Crippen molar-refractivity contribution in [3.63, 3.8) is 0 Å². The number of hydrogen-bond donors (Lipinski definition) is 2. The van der Waals surface area contributed by atoms with E-state index in [1.807, 2.05) is 24.3 Å². The lowest BCUT2D eigenvalue weighted by Crippen LogP contribution is -2.52. The molecule has 28 heavy (non-hydrogen) atoms. The van der Waals surface area contributed by atoms with Crippen LogP contribution >= 0.6 is 0 Å². The van der Waals surface area contributed by atoms with Crippen LogP contribution in [0.2, 0.25) is 0 Å². The minimum atomic E-state index is -0.985. The summed E-state index contributed by atoms with van der Waals surface area (Å²) in [4.78, 5) is 13.1. The van der Waals surface area contributed by atoms with Crippen LogP contribution in [0.15, 0.2) is 24.3 Å². The lowest BCUT2D eigenvalue weighted by Gasteiger charge is -2.36. The number of aromatic nitrogens is 1. The van der Waals surface area contributed by atoms with E-state index in [4.69, 9.17) is 4.74 Å². The highest BCUT2D eigenvalue weighted by atomic mass is 16.5. The second-order valence-electron chi connectivity index (χ2n) is 8.22. The summed E-state index contributed by atoms with van der Waals surface area (Å²) in [7, 11) is 0. The molecule has 1 aromatic carbocycles. The Balaban J connectivity index is 1.62. The van der Waals surface area contributed by atoms with E-state index in [1.54, 1.807) is 4.57 Å². The van der Waals surface area contributed by atoms with Gasteiger partial charge in [0.25, 0.3) is 5.91 Å². The zero-order valence-corrected chi connectivity index (χ0v) is 16.1. The van der Waals surface area contributed by atoms with Crippen LogP contribution in [-0.4, -0.2) is 40.9 Å². The number of nitrogens with one attached hydrogen (secondary N) is 1. The second-order valence-corrected chi connectivity index (χ2v) is 8.22. The number of ether oxygens (including phenoxy) is 1. The van der Waals surface area contributed by atoms with Gasteiger partial charge in [0.2, 0.25) is 0 Å². The van der Waals surface area contributed by atoms with Gasteiger partial charge in [-0.25, -0.2) is 0 Å². The molecule has 1 saturated heterocycles. The Morgan fingerprint density at radius 1 is 1.25 bits per heavy atom. The van der Waals surface area contributed by atoms with Crippen LogP contribution in [0.5, 0.6) is 0 Å². The number of aliphatic hydroxyl groups is 1. The van der Waals surface area contributed by atoms with E-state index in [2.05, 4.69) is 11.4 Å². The number of amides is 1. The summed E-state index contributed by atoms with van der Waals surface area (Å²) in [6, 6.07) is 9.72. The molecule has 1 saturated carbocycles. The van der Waals surface area contributed by atoms with Crippen molar-refractivity contribution in [1.29, 1.82) is 5.26 Å². The highest BCUT2D eigenvalue weighted by molar-refractivity contribution is 6.09. The van der Waals surface area contributed by atoms with Crippen molar-refractivity contribution in [2.75, 3.05) is 19.8 Å². The van der Waals surface area contributed by atoms with Crippen molar-refractivity contribution < 1.29 is 14.6 Å². The molecule has 148 valence electrons. The lowest BCUT2D eigenvalue weighted by molar-refractivity contribution is -0.184. The van der Waals surface area contributed by atoms with E-state index in [-0.39, 0.29) is 25.7 Å².